The first-order valence-corrected chi connectivity index (χ1v) is 10.4. The van der Waals surface area contributed by atoms with Crippen molar-refractivity contribution in [3.63, 3.8) is 0 Å². The Morgan fingerprint density at radius 3 is 2.75 bits per heavy atom. The summed E-state index contributed by atoms with van der Waals surface area (Å²) >= 11 is 0. The molecule has 1 aliphatic rings. The van der Waals surface area contributed by atoms with Crippen molar-refractivity contribution in [1.82, 2.24) is 5.32 Å². The standard InChI is InChI=1S/C23H29NO8/c1-3-29-22(27)23(15-31-18-6-4-5-7-20(18)32-23)10-11-24-13-17(26)14-30-19-9-8-16(25)12-21(19)28-2/h4-9,12,17,24-26H,3,10-11,13-15H2,1-2H3/t17-,23+/m0/s1. The lowest BCUT2D eigenvalue weighted by Crippen LogP contribution is -2.54. The smallest absolute Gasteiger partial charge is 0.354 e. The van der Waals surface area contributed by atoms with Gasteiger partial charge in [0.2, 0.25) is 5.60 Å². The van der Waals surface area contributed by atoms with E-state index in [1.807, 2.05) is 6.07 Å². The number of hydrogen-bond donors (Lipinski definition) is 3. The number of benzene rings is 2. The molecule has 2 atom stereocenters. The van der Waals surface area contributed by atoms with Gasteiger partial charge < -0.3 is 39.2 Å². The SMILES string of the molecule is CCOC(=O)[C@@]1(CCNC[C@H](O)COc2ccc(O)cc2OC)COc2ccccc2O1. The molecule has 0 saturated heterocycles. The fraction of sp³-hybridized carbons (Fsp3) is 0.435. The molecule has 3 N–H and O–H groups in total. The normalized spacial score (nSPS) is 18.0. The lowest BCUT2D eigenvalue weighted by molar-refractivity contribution is -0.167. The highest BCUT2D eigenvalue weighted by Gasteiger charge is 2.46. The highest BCUT2D eigenvalue weighted by Crippen LogP contribution is 2.37. The highest BCUT2D eigenvalue weighted by atomic mass is 16.6. The Morgan fingerprint density at radius 2 is 2.00 bits per heavy atom. The summed E-state index contributed by atoms with van der Waals surface area (Å²) in [5, 5.41) is 22.8. The van der Waals surface area contributed by atoms with Crippen LogP contribution in [-0.4, -0.2) is 67.9 Å². The van der Waals surface area contributed by atoms with E-state index in [4.69, 9.17) is 23.7 Å². The van der Waals surface area contributed by atoms with Crippen LogP contribution in [0, 0.1) is 0 Å². The van der Waals surface area contributed by atoms with Crippen molar-refractivity contribution in [2.24, 2.45) is 0 Å². The van der Waals surface area contributed by atoms with Gasteiger partial charge in [0.1, 0.15) is 25.1 Å². The molecule has 9 nitrogen and oxygen atoms in total. The summed E-state index contributed by atoms with van der Waals surface area (Å²) in [6.45, 7) is 2.64. The molecule has 0 radical (unpaired) electrons. The quantitative estimate of drug-likeness (QED) is 0.351. The molecule has 0 fully saturated rings. The third-order valence-corrected chi connectivity index (χ3v) is 4.93. The van der Waals surface area contributed by atoms with Crippen LogP contribution in [0.5, 0.6) is 28.7 Å². The molecule has 0 unspecified atom stereocenters. The Bertz CT molecular complexity index is 905. The number of carbonyl (C=O) groups excluding carboxylic acids is 1. The second-order valence-corrected chi connectivity index (χ2v) is 7.31. The Labute approximate surface area is 186 Å². The number of hydrogen-bond acceptors (Lipinski definition) is 9. The summed E-state index contributed by atoms with van der Waals surface area (Å²) in [4.78, 5) is 12.6. The molecule has 0 spiro atoms. The monoisotopic (exact) mass is 447 g/mol. The van der Waals surface area contributed by atoms with Crippen LogP contribution in [0.2, 0.25) is 0 Å². The number of methoxy groups -OCH3 is 1. The lowest BCUT2D eigenvalue weighted by atomic mass is 9.99. The van der Waals surface area contributed by atoms with Crippen LogP contribution in [0.15, 0.2) is 42.5 Å². The minimum atomic E-state index is -1.27. The first-order valence-electron chi connectivity index (χ1n) is 10.4. The Kier molecular flexibility index (Phi) is 8.02. The van der Waals surface area contributed by atoms with E-state index in [1.165, 1.54) is 19.2 Å². The highest BCUT2D eigenvalue weighted by molar-refractivity contribution is 5.81. The number of rotatable bonds is 11. The third-order valence-electron chi connectivity index (χ3n) is 4.93. The van der Waals surface area contributed by atoms with E-state index in [0.29, 0.717) is 36.0 Å². The molecule has 3 rings (SSSR count). The molecule has 0 aliphatic carbocycles. The van der Waals surface area contributed by atoms with Gasteiger partial charge in [-0.1, -0.05) is 12.1 Å². The molecule has 1 heterocycles. The minimum Gasteiger partial charge on any atom is -0.508 e. The first kappa shape index (κ1) is 23.5. The van der Waals surface area contributed by atoms with E-state index in [1.54, 1.807) is 31.2 Å². The minimum absolute atomic E-state index is 0.0180. The van der Waals surface area contributed by atoms with E-state index in [-0.39, 0.29) is 32.1 Å². The number of phenols is 1. The Hall–Kier alpha value is -3.17. The predicted octanol–water partition coefficient (Wildman–Crippen LogP) is 1.89. The van der Waals surface area contributed by atoms with Crippen molar-refractivity contribution >= 4 is 5.97 Å². The zero-order valence-corrected chi connectivity index (χ0v) is 18.2. The number of ether oxygens (including phenoxy) is 5. The van der Waals surface area contributed by atoms with Crippen LogP contribution >= 0.6 is 0 Å². The van der Waals surface area contributed by atoms with E-state index < -0.39 is 17.7 Å². The number of phenolic OH excluding ortho intramolecular Hbond substituents is 1. The summed E-state index contributed by atoms with van der Waals surface area (Å²) in [5.41, 5.74) is -1.27. The maximum atomic E-state index is 12.6. The summed E-state index contributed by atoms with van der Waals surface area (Å²) in [7, 11) is 1.47. The molecule has 2 aromatic carbocycles. The van der Waals surface area contributed by atoms with Crippen LogP contribution in [0.3, 0.4) is 0 Å². The van der Waals surface area contributed by atoms with Crippen molar-refractivity contribution in [2.75, 3.05) is 40.0 Å². The summed E-state index contributed by atoms with van der Waals surface area (Å²) in [5.74, 6) is 1.43. The van der Waals surface area contributed by atoms with Crippen LogP contribution in [-0.2, 0) is 9.53 Å². The predicted molar refractivity (Wildman–Crippen MR) is 116 cm³/mol. The molecular weight excluding hydrogens is 418 g/mol. The van der Waals surface area contributed by atoms with E-state index >= 15 is 0 Å². The second kappa shape index (κ2) is 10.9. The van der Waals surface area contributed by atoms with Gasteiger partial charge in [0.25, 0.3) is 0 Å². The van der Waals surface area contributed by atoms with Gasteiger partial charge in [0.05, 0.1) is 13.7 Å². The number of aliphatic hydroxyl groups is 1. The van der Waals surface area contributed by atoms with Gasteiger partial charge in [-0.2, -0.15) is 0 Å². The molecular formula is C23H29NO8. The van der Waals surface area contributed by atoms with Gasteiger partial charge in [0.15, 0.2) is 23.0 Å². The van der Waals surface area contributed by atoms with Gasteiger partial charge in [-0.15, -0.1) is 0 Å². The van der Waals surface area contributed by atoms with Crippen molar-refractivity contribution in [1.29, 1.82) is 0 Å². The van der Waals surface area contributed by atoms with E-state index in [2.05, 4.69) is 5.32 Å². The number of aromatic hydroxyl groups is 1. The number of para-hydroxylation sites is 2. The van der Waals surface area contributed by atoms with Gasteiger partial charge in [-0.05, 0) is 37.7 Å². The van der Waals surface area contributed by atoms with Gasteiger partial charge in [-0.3, -0.25) is 0 Å². The topological polar surface area (TPSA) is 116 Å². The second-order valence-electron chi connectivity index (χ2n) is 7.31. The van der Waals surface area contributed by atoms with E-state index in [9.17, 15) is 15.0 Å². The van der Waals surface area contributed by atoms with E-state index in [0.717, 1.165) is 0 Å². The van der Waals surface area contributed by atoms with Crippen molar-refractivity contribution in [3.8, 4) is 28.7 Å². The van der Waals surface area contributed by atoms with Crippen molar-refractivity contribution in [3.05, 3.63) is 42.5 Å². The fourth-order valence-electron chi connectivity index (χ4n) is 3.26. The maximum Gasteiger partial charge on any atom is 0.354 e. The summed E-state index contributed by atoms with van der Waals surface area (Å²) in [6.07, 6.45) is -0.518. The van der Waals surface area contributed by atoms with Crippen LogP contribution < -0.4 is 24.3 Å². The summed E-state index contributed by atoms with van der Waals surface area (Å²) < 4.78 is 27.7. The average molecular weight is 447 g/mol. The molecule has 9 heteroatoms. The first-order chi connectivity index (χ1) is 15.5. The largest absolute Gasteiger partial charge is 0.508 e. The van der Waals surface area contributed by atoms with Crippen LogP contribution in [0.25, 0.3) is 0 Å². The average Bonchev–Trinajstić information content (AvgIpc) is 2.81. The molecule has 0 amide bonds. The Balaban J connectivity index is 1.50. The van der Waals surface area contributed by atoms with Crippen LogP contribution in [0.1, 0.15) is 13.3 Å². The molecule has 0 bridgehead atoms. The third kappa shape index (κ3) is 5.74. The number of carbonyl (C=O) groups is 1. The maximum absolute atomic E-state index is 12.6. The number of aliphatic hydroxyl groups excluding tert-OH is 1. The number of esters is 1. The van der Waals surface area contributed by atoms with Crippen molar-refractivity contribution in [2.45, 2.75) is 25.0 Å². The lowest BCUT2D eigenvalue weighted by Gasteiger charge is -2.36. The van der Waals surface area contributed by atoms with Crippen LogP contribution in [0.4, 0.5) is 0 Å². The number of nitrogens with one attached hydrogen (secondary N) is 1. The molecule has 174 valence electrons. The summed E-state index contributed by atoms with van der Waals surface area (Å²) in [6, 6.07) is 11.6. The molecule has 0 aromatic heterocycles. The Morgan fingerprint density at radius 1 is 1.22 bits per heavy atom. The molecule has 32 heavy (non-hydrogen) atoms. The van der Waals surface area contributed by atoms with Gasteiger partial charge in [-0.25, -0.2) is 4.79 Å². The zero-order chi connectivity index (χ0) is 23.0. The van der Waals surface area contributed by atoms with Crippen molar-refractivity contribution < 1.29 is 38.7 Å². The van der Waals surface area contributed by atoms with Gasteiger partial charge >= 0.3 is 5.97 Å². The molecule has 2 aromatic rings. The fourth-order valence-corrected chi connectivity index (χ4v) is 3.26. The molecule has 0 saturated carbocycles. The number of fused-ring (bicyclic) bond motifs is 1. The zero-order valence-electron chi connectivity index (χ0n) is 18.2. The molecule has 1 aliphatic heterocycles. The van der Waals surface area contributed by atoms with Gasteiger partial charge in [0, 0.05) is 19.0 Å².